The van der Waals surface area contributed by atoms with Crippen LogP contribution in [-0.2, 0) is 4.79 Å². The van der Waals surface area contributed by atoms with Gasteiger partial charge in [0.1, 0.15) is 17.2 Å². The molecule has 0 bridgehead atoms. The molecule has 0 saturated heterocycles. The average molecular weight is 454 g/mol. The molecule has 3 rings (SSSR count). The first-order chi connectivity index (χ1) is 15.3. The van der Waals surface area contributed by atoms with E-state index in [0.717, 1.165) is 16.9 Å². The van der Waals surface area contributed by atoms with Gasteiger partial charge in [0.25, 0.3) is 5.91 Å². The molecular formula is C26H28ClNO4. The summed E-state index contributed by atoms with van der Waals surface area (Å²) in [5.74, 6) is 2.49. The number of carbonyl (C=O) groups excluding carboxylic acids is 1. The van der Waals surface area contributed by atoms with E-state index in [4.69, 9.17) is 25.8 Å². The van der Waals surface area contributed by atoms with Gasteiger partial charge in [-0.25, -0.2) is 0 Å². The van der Waals surface area contributed by atoms with E-state index in [9.17, 15) is 4.79 Å². The molecular weight excluding hydrogens is 426 g/mol. The van der Waals surface area contributed by atoms with Gasteiger partial charge in [0.15, 0.2) is 11.9 Å². The molecule has 0 saturated carbocycles. The zero-order chi connectivity index (χ0) is 23.3. The third-order valence-corrected chi connectivity index (χ3v) is 5.19. The third kappa shape index (κ3) is 5.95. The van der Waals surface area contributed by atoms with Crippen molar-refractivity contribution in [1.82, 2.24) is 0 Å². The Balaban J connectivity index is 1.77. The smallest absolute Gasteiger partial charge is 0.265 e. The number of hydrogen-bond donors (Lipinski definition) is 1. The highest BCUT2D eigenvalue weighted by atomic mass is 35.5. The van der Waals surface area contributed by atoms with Crippen molar-refractivity contribution in [2.24, 2.45) is 0 Å². The first kappa shape index (κ1) is 23.5. The molecule has 0 aromatic heterocycles. The zero-order valence-electron chi connectivity index (χ0n) is 18.9. The number of ether oxygens (including phenoxy) is 3. The maximum atomic E-state index is 12.9. The molecule has 1 amide bonds. The summed E-state index contributed by atoms with van der Waals surface area (Å²) in [6.07, 6.45) is -0.720. The van der Waals surface area contributed by atoms with Gasteiger partial charge in [-0.3, -0.25) is 4.79 Å². The molecule has 3 aromatic rings. The molecule has 0 aliphatic heterocycles. The maximum Gasteiger partial charge on any atom is 0.265 e. The number of methoxy groups -OCH3 is 1. The molecule has 32 heavy (non-hydrogen) atoms. The highest BCUT2D eigenvalue weighted by molar-refractivity contribution is 6.31. The Kier molecular flexibility index (Phi) is 7.65. The van der Waals surface area contributed by atoms with Crippen LogP contribution in [0.5, 0.6) is 23.0 Å². The van der Waals surface area contributed by atoms with Crippen LogP contribution in [0.3, 0.4) is 0 Å². The number of halogens is 1. The monoisotopic (exact) mass is 453 g/mol. The second-order valence-electron chi connectivity index (χ2n) is 7.86. The third-order valence-electron chi connectivity index (χ3n) is 4.95. The highest BCUT2D eigenvalue weighted by Crippen LogP contribution is 2.33. The number of hydrogen-bond acceptors (Lipinski definition) is 4. The molecule has 1 atom stereocenters. The van der Waals surface area contributed by atoms with Crippen LogP contribution in [0.4, 0.5) is 5.69 Å². The Labute approximate surface area is 194 Å². The average Bonchev–Trinajstić information content (AvgIpc) is 2.76. The van der Waals surface area contributed by atoms with Gasteiger partial charge in [-0.1, -0.05) is 37.6 Å². The van der Waals surface area contributed by atoms with Gasteiger partial charge >= 0.3 is 0 Å². The van der Waals surface area contributed by atoms with Crippen molar-refractivity contribution < 1.29 is 19.0 Å². The van der Waals surface area contributed by atoms with E-state index in [-0.39, 0.29) is 11.8 Å². The lowest BCUT2D eigenvalue weighted by atomic mass is 10.0. The Morgan fingerprint density at radius 3 is 2.25 bits per heavy atom. The maximum absolute atomic E-state index is 12.9. The second kappa shape index (κ2) is 10.4. The van der Waals surface area contributed by atoms with Crippen LogP contribution < -0.4 is 19.5 Å². The van der Waals surface area contributed by atoms with E-state index in [1.54, 1.807) is 56.5 Å². The SMILES string of the molecule is COc1ccc(Oc2ccc(Cl)cc2NC(=O)[C@@H](C)Oc2cc(C)ccc2C(C)C)cc1. The lowest BCUT2D eigenvalue weighted by molar-refractivity contribution is -0.122. The number of anilines is 1. The van der Waals surface area contributed by atoms with Crippen LogP contribution in [0.25, 0.3) is 0 Å². The quantitative estimate of drug-likeness (QED) is 0.399. The first-order valence-corrected chi connectivity index (χ1v) is 10.8. The summed E-state index contributed by atoms with van der Waals surface area (Å²) in [4.78, 5) is 12.9. The van der Waals surface area contributed by atoms with Crippen molar-refractivity contribution in [2.45, 2.75) is 39.7 Å². The Hall–Kier alpha value is -3.18. The van der Waals surface area contributed by atoms with Crippen LogP contribution in [-0.4, -0.2) is 19.1 Å². The predicted molar refractivity (Wildman–Crippen MR) is 129 cm³/mol. The summed E-state index contributed by atoms with van der Waals surface area (Å²) in [5, 5.41) is 3.36. The summed E-state index contributed by atoms with van der Waals surface area (Å²) in [7, 11) is 1.60. The second-order valence-corrected chi connectivity index (χ2v) is 8.30. The molecule has 0 spiro atoms. The molecule has 1 N–H and O–H groups in total. The Bertz CT molecular complexity index is 1080. The van der Waals surface area contributed by atoms with Crippen LogP contribution in [0.15, 0.2) is 60.7 Å². The molecule has 0 aliphatic rings. The Morgan fingerprint density at radius 2 is 1.59 bits per heavy atom. The molecule has 0 fully saturated rings. The molecule has 0 heterocycles. The predicted octanol–water partition coefficient (Wildman–Crippen LogP) is 6.98. The van der Waals surface area contributed by atoms with E-state index in [1.807, 2.05) is 25.1 Å². The molecule has 3 aromatic carbocycles. The minimum Gasteiger partial charge on any atom is -0.497 e. The van der Waals surface area contributed by atoms with E-state index in [1.165, 1.54) is 0 Å². The van der Waals surface area contributed by atoms with Crippen molar-refractivity contribution in [1.29, 1.82) is 0 Å². The molecule has 0 aliphatic carbocycles. The summed E-state index contributed by atoms with van der Waals surface area (Å²) < 4.78 is 17.2. The van der Waals surface area contributed by atoms with Gasteiger partial charge in [-0.2, -0.15) is 0 Å². The van der Waals surface area contributed by atoms with Gasteiger partial charge in [-0.05, 0) is 79.4 Å². The normalized spacial score (nSPS) is 11.7. The molecule has 6 heteroatoms. The summed E-state index contributed by atoms with van der Waals surface area (Å²) >= 11 is 6.17. The summed E-state index contributed by atoms with van der Waals surface area (Å²) in [6.45, 7) is 7.90. The Morgan fingerprint density at radius 1 is 0.906 bits per heavy atom. The van der Waals surface area contributed by atoms with Gasteiger partial charge < -0.3 is 19.5 Å². The fraction of sp³-hybridized carbons (Fsp3) is 0.269. The van der Waals surface area contributed by atoms with Crippen LogP contribution >= 0.6 is 11.6 Å². The minimum atomic E-state index is -0.720. The largest absolute Gasteiger partial charge is 0.497 e. The fourth-order valence-electron chi connectivity index (χ4n) is 3.16. The zero-order valence-corrected chi connectivity index (χ0v) is 19.7. The van der Waals surface area contributed by atoms with Crippen LogP contribution in [0, 0.1) is 6.92 Å². The van der Waals surface area contributed by atoms with Gasteiger partial charge in [-0.15, -0.1) is 0 Å². The highest BCUT2D eigenvalue weighted by Gasteiger charge is 2.20. The number of rotatable bonds is 8. The van der Waals surface area contributed by atoms with Crippen molar-refractivity contribution in [3.8, 4) is 23.0 Å². The van der Waals surface area contributed by atoms with Crippen molar-refractivity contribution >= 4 is 23.2 Å². The van der Waals surface area contributed by atoms with E-state index in [2.05, 4.69) is 19.2 Å². The van der Waals surface area contributed by atoms with Gasteiger partial charge in [0.2, 0.25) is 0 Å². The van der Waals surface area contributed by atoms with E-state index >= 15 is 0 Å². The van der Waals surface area contributed by atoms with Crippen LogP contribution in [0.2, 0.25) is 5.02 Å². The lowest BCUT2D eigenvalue weighted by Crippen LogP contribution is -2.30. The van der Waals surface area contributed by atoms with E-state index < -0.39 is 6.10 Å². The number of nitrogens with one attached hydrogen (secondary N) is 1. The molecule has 0 radical (unpaired) electrons. The van der Waals surface area contributed by atoms with Crippen molar-refractivity contribution in [3.05, 3.63) is 76.8 Å². The van der Waals surface area contributed by atoms with Crippen molar-refractivity contribution in [3.63, 3.8) is 0 Å². The number of aryl methyl sites for hydroxylation is 1. The van der Waals surface area contributed by atoms with E-state index in [0.29, 0.717) is 28.0 Å². The molecule has 168 valence electrons. The molecule has 5 nitrogen and oxygen atoms in total. The topological polar surface area (TPSA) is 56.8 Å². The van der Waals surface area contributed by atoms with Crippen molar-refractivity contribution in [2.75, 3.05) is 12.4 Å². The van der Waals surface area contributed by atoms with Crippen LogP contribution in [0.1, 0.15) is 37.8 Å². The number of amides is 1. The lowest BCUT2D eigenvalue weighted by Gasteiger charge is -2.20. The standard InChI is InChI=1S/C26H28ClNO4/c1-16(2)22-12-6-17(3)14-25(22)31-18(4)26(29)28-23-15-19(27)7-13-24(23)32-21-10-8-20(30-5)9-11-21/h6-16,18H,1-5H3,(H,28,29)/t18-/m1/s1. The number of benzene rings is 3. The van der Waals surface area contributed by atoms with Gasteiger partial charge in [0.05, 0.1) is 12.8 Å². The minimum absolute atomic E-state index is 0.276. The fourth-order valence-corrected chi connectivity index (χ4v) is 3.33. The summed E-state index contributed by atoms with van der Waals surface area (Å²) in [6, 6.07) is 18.3. The first-order valence-electron chi connectivity index (χ1n) is 10.5. The number of carbonyl (C=O) groups is 1. The molecule has 0 unspecified atom stereocenters. The van der Waals surface area contributed by atoms with Gasteiger partial charge in [0, 0.05) is 5.02 Å². The summed E-state index contributed by atoms with van der Waals surface area (Å²) in [5.41, 5.74) is 2.59.